The molecule has 5 heteroatoms. The lowest BCUT2D eigenvalue weighted by molar-refractivity contribution is 0.157. The van der Waals surface area contributed by atoms with Crippen LogP contribution in [0.3, 0.4) is 0 Å². The van der Waals surface area contributed by atoms with E-state index in [0.717, 1.165) is 29.9 Å². The van der Waals surface area contributed by atoms with Gasteiger partial charge in [0, 0.05) is 13.2 Å². The molecule has 0 aliphatic heterocycles. The van der Waals surface area contributed by atoms with Crippen LogP contribution in [0.4, 0.5) is 0 Å². The van der Waals surface area contributed by atoms with Crippen LogP contribution in [0.1, 0.15) is 30.5 Å². The molecule has 1 atom stereocenters. The maximum absolute atomic E-state index is 9.89. The molecular weight excluding hydrogens is 369 g/mol. The number of hydrogen-bond acceptors (Lipinski definition) is 4. The van der Waals surface area contributed by atoms with E-state index in [1.807, 2.05) is 105 Å². The number of rotatable bonds is 7. The van der Waals surface area contributed by atoms with Crippen molar-refractivity contribution in [3.05, 3.63) is 108 Å². The maximum Gasteiger partial charge on any atom is 0.251 e. The van der Waals surface area contributed by atoms with Crippen molar-refractivity contribution in [2.75, 3.05) is 13.2 Å². The predicted octanol–water partition coefficient (Wildman–Crippen LogP) is 5.22. The smallest absolute Gasteiger partial charge is 0.251 e. The van der Waals surface area contributed by atoms with Gasteiger partial charge in [0.05, 0.1) is 0 Å². The summed E-state index contributed by atoms with van der Waals surface area (Å²) in [5.74, 6) is 0. The first kappa shape index (κ1) is 22.2. The molecule has 0 amide bonds. The van der Waals surface area contributed by atoms with E-state index >= 15 is 0 Å². The minimum absolute atomic E-state index is 0.844. The first-order chi connectivity index (χ1) is 13.6. The van der Waals surface area contributed by atoms with Crippen molar-refractivity contribution in [2.24, 2.45) is 5.50 Å². The zero-order valence-electron chi connectivity index (χ0n) is 16.4. The summed E-state index contributed by atoms with van der Waals surface area (Å²) in [6.45, 7) is 5.67. The molecule has 148 valence electrons. The van der Waals surface area contributed by atoms with Crippen LogP contribution in [0.25, 0.3) is 0 Å². The van der Waals surface area contributed by atoms with Crippen molar-refractivity contribution in [3.63, 3.8) is 0 Å². The summed E-state index contributed by atoms with van der Waals surface area (Å²) < 4.78 is 10.8. The molecule has 1 unspecified atom stereocenters. The number of benzene rings is 3. The summed E-state index contributed by atoms with van der Waals surface area (Å²) in [6.07, 6.45) is 0. The Hall–Kier alpha value is -2.07. The monoisotopic (exact) mass is 397 g/mol. The van der Waals surface area contributed by atoms with E-state index in [0.29, 0.717) is 0 Å². The summed E-state index contributed by atoms with van der Waals surface area (Å²) in [5.41, 5.74) is 7.51. The van der Waals surface area contributed by atoms with Gasteiger partial charge >= 0.3 is 0 Å². The van der Waals surface area contributed by atoms with Crippen LogP contribution in [-0.4, -0.2) is 18.1 Å². The van der Waals surface area contributed by atoms with Gasteiger partial charge in [0.15, 0.2) is 5.60 Å². The third-order valence-corrected chi connectivity index (χ3v) is 4.64. The Labute approximate surface area is 168 Å². The molecule has 0 spiro atoms. The molecule has 0 aromatic heterocycles. The summed E-state index contributed by atoms with van der Waals surface area (Å²) in [6, 6.07) is 29.5. The molecule has 3 rings (SSSR count). The zero-order chi connectivity index (χ0) is 20.2. The zero-order valence-corrected chi connectivity index (χ0v) is 17.3. The van der Waals surface area contributed by atoms with Crippen molar-refractivity contribution in [1.82, 2.24) is 0 Å². The molecule has 3 aromatic carbocycles. The molecule has 0 aliphatic carbocycles. The molecule has 0 saturated heterocycles. The summed E-state index contributed by atoms with van der Waals surface area (Å²) in [4.78, 5) is 9.89. The molecule has 3 aromatic rings. The Balaban J connectivity index is 0.000000500. The summed E-state index contributed by atoms with van der Waals surface area (Å²) in [7, 11) is -2.06. The second-order valence-electron chi connectivity index (χ2n) is 5.95. The minimum Gasteiger partial charge on any atom is -0.382 e. The second kappa shape index (κ2) is 11.7. The maximum atomic E-state index is 9.89. The fraction of sp³-hybridized carbons (Fsp3) is 0.217. The highest BCUT2D eigenvalue weighted by Gasteiger charge is 2.39. The van der Waals surface area contributed by atoms with Crippen LogP contribution >= 0.6 is 8.53 Å². The molecule has 0 heterocycles. The molecule has 28 heavy (non-hydrogen) atoms. The van der Waals surface area contributed by atoms with Gasteiger partial charge in [0.2, 0.25) is 0 Å². The Morgan fingerprint density at radius 3 is 1.25 bits per heavy atom. The van der Waals surface area contributed by atoms with Gasteiger partial charge in [0.25, 0.3) is 8.53 Å². The van der Waals surface area contributed by atoms with Gasteiger partial charge in [-0.1, -0.05) is 91.0 Å². The fourth-order valence-electron chi connectivity index (χ4n) is 3.02. The van der Waals surface area contributed by atoms with Crippen molar-refractivity contribution in [3.8, 4) is 0 Å². The van der Waals surface area contributed by atoms with Crippen LogP contribution in [0, 0.1) is 0 Å². The average Bonchev–Trinajstić information content (AvgIpc) is 2.75. The second-order valence-corrected chi connectivity index (χ2v) is 6.74. The predicted molar refractivity (Wildman–Crippen MR) is 116 cm³/mol. The van der Waals surface area contributed by atoms with E-state index in [2.05, 4.69) is 0 Å². The number of ether oxygens (including phenoxy) is 1. The van der Waals surface area contributed by atoms with Crippen molar-refractivity contribution < 1.29 is 14.2 Å². The van der Waals surface area contributed by atoms with Crippen molar-refractivity contribution >= 4 is 8.53 Å². The van der Waals surface area contributed by atoms with Gasteiger partial charge in [-0.15, -0.1) is 0 Å². The molecule has 0 bridgehead atoms. The third-order valence-electron chi connectivity index (χ3n) is 4.18. The first-order valence-electron chi connectivity index (χ1n) is 9.32. The first-order valence-corrected chi connectivity index (χ1v) is 10.6. The standard InChI is InChI=1S/C19H18NO2P.C4H10O/c20-23(21)22-19(16-10-4-1-5-11-16,17-12-6-2-7-13-17)18-14-8-3-9-15-18;1-3-5-4-2/h1-15,21H,20H2;3-4H2,1-2H3. The number of hydrogen-bond donors (Lipinski definition) is 2. The fourth-order valence-corrected chi connectivity index (χ4v) is 3.62. The summed E-state index contributed by atoms with van der Waals surface area (Å²) in [5, 5.41) is 0. The molecule has 0 radical (unpaired) electrons. The highest BCUT2D eigenvalue weighted by molar-refractivity contribution is 7.43. The Kier molecular flexibility index (Phi) is 9.29. The SMILES string of the molecule is CCOCC.NP(O)OC(c1ccccc1)(c1ccccc1)c1ccccc1. The number of nitrogens with two attached hydrogens (primary N) is 1. The third kappa shape index (κ3) is 5.71. The van der Waals surface area contributed by atoms with Crippen molar-refractivity contribution in [2.45, 2.75) is 19.4 Å². The quantitative estimate of drug-likeness (QED) is 0.424. The van der Waals surface area contributed by atoms with E-state index in [1.165, 1.54) is 0 Å². The normalized spacial score (nSPS) is 12.0. The molecule has 0 fully saturated rings. The van der Waals surface area contributed by atoms with Crippen LogP contribution in [0.15, 0.2) is 91.0 Å². The van der Waals surface area contributed by atoms with E-state index in [4.69, 9.17) is 14.8 Å². The van der Waals surface area contributed by atoms with Gasteiger partial charge in [0.1, 0.15) is 0 Å². The van der Waals surface area contributed by atoms with Crippen LogP contribution in [0.5, 0.6) is 0 Å². The van der Waals surface area contributed by atoms with E-state index < -0.39 is 14.1 Å². The molecule has 4 nitrogen and oxygen atoms in total. The highest BCUT2D eigenvalue weighted by Crippen LogP contribution is 2.46. The van der Waals surface area contributed by atoms with E-state index in [9.17, 15) is 4.89 Å². The molecule has 0 aliphatic rings. The largest absolute Gasteiger partial charge is 0.382 e. The van der Waals surface area contributed by atoms with Gasteiger partial charge in [-0.3, -0.25) is 5.50 Å². The Bertz CT molecular complexity index is 684. The lowest BCUT2D eigenvalue weighted by Gasteiger charge is -2.36. The summed E-state index contributed by atoms with van der Waals surface area (Å²) >= 11 is 0. The molecule has 0 saturated carbocycles. The lowest BCUT2D eigenvalue weighted by Crippen LogP contribution is -2.32. The van der Waals surface area contributed by atoms with E-state index in [1.54, 1.807) is 0 Å². The van der Waals surface area contributed by atoms with Gasteiger partial charge in [-0.05, 0) is 30.5 Å². The van der Waals surface area contributed by atoms with Crippen LogP contribution < -0.4 is 5.50 Å². The Morgan fingerprint density at radius 2 is 1.04 bits per heavy atom. The highest BCUT2D eigenvalue weighted by atomic mass is 31.2. The van der Waals surface area contributed by atoms with Crippen molar-refractivity contribution in [1.29, 1.82) is 0 Å². The average molecular weight is 397 g/mol. The topological polar surface area (TPSA) is 64.7 Å². The lowest BCUT2D eigenvalue weighted by atomic mass is 9.80. The van der Waals surface area contributed by atoms with Crippen LogP contribution in [-0.2, 0) is 14.9 Å². The Morgan fingerprint density at radius 1 is 0.714 bits per heavy atom. The van der Waals surface area contributed by atoms with Crippen LogP contribution in [0.2, 0.25) is 0 Å². The van der Waals surface area contributed by atoms with Gasteiger partial charge < -0.3 is 14.2 Å². The molecular formula is C23H28NO3P. The van der Waals surface area contributed by atoms with Gasteiger partial charge in [-0.25, -0.2) is 0 Å². The van der Waals surface area contributed by atoms with Gasteiger partial charge in [-0.2, -0.15) is 0 Å². The minimum atomic E-state index is -2.06. The molecule has 3 N–H and O–H groups in total. The van der Waals surface area contributed by atoms with E-state index in [-0.39, 0.29) is 0 Å².